The van der Waals surface area contributed by atoms with Gasteiger partial charge in [0.2, 0.25) is 0 Å². The molecule has 0 aromatic heterocycles. The van der Waals surface area contributed by atoms with Crippen LogP contribution >= 0.6 is 11.6 Å². The maximum absolute atomic E-state index is 6.03. The highest BCUT2D eigenvalue weighted by Crippen LogP contribution is 2.36. The van der Waals surface area contributed by atoms with Crippen LogP contribution in [0, 0.1) is 0 Å². The van der Waals surface area contributed by atoms with Crippen molar-refractivity contribution in [2.45, 2.75) is 24.8 Å². The van der Waals surface area contributed by atoms with Crippen LogP contribution in [0.2, 0.25) is 5.02 Å². The SMILES string of the molecule is COc1cc(CC2(N)CC2)ccc1Cl. The smallest absolute Gasteiger partial charge is 0.137 e. The second kappa shape index (κ2) is 3.44. The molecule has 0 heterocycles. The van der Waals surface area contributed by atoms with Gasteiger partial charge in [0.1, 0.15) is 5.75 Å². The van der Waals surface area contributed by atoms with Crippen molar-refractivity contribution in [3.8, 4) is 5.75 Å². The summed E-state index contributed by atoms with van der Waals surface area (Å²) in [7, 11) is 1.63. The minimum Gasteiger partial charge on any atom is -0.495 e. The largest absolute Gasteiger partial charge is 0.495 e. The van der Waals surface area contributed by atoms with E-state index in [9.17, 15) is 0 Å². The van der Waals surface area contributed by atoms with Gasteiger partial charge in [0, 0.05) is 5.54 Å². The van der Waals surface area contributed by atoms with Gasteiger partial charge in [-0.15, -0.1) is 0 Å². The summed E-state index contributed by atoms with van der Waals surface area (Å²) in [6.07, 6.45) is 3.16. The molecule has 1 aromatic carbocycles. The van der Waals surface area contributed by atoms with Crippen LogP contribution in [-0.4, -0.2) is 12.6 Å². The number of rotatable bonds is 3. The van der Waals surface area contributed by atoms with Gasteiger partial charge in [-0.05, 0) is 37.0 Å². The number of ether oxygens (including phenoxy) is 1. The summed E-state index contributed by atoms with van der Waals surface area (Å²) in [6, 6.07) is 5.84. The molecule has 0 spiro atoms. The molecular formula is C11H14ClNO. The summed E-state index contributed by atoms with van der Waals surface area (Å²) in [5.41, 5.74) is 7.28. The lowest BCUT2D eigenvalue weighted by molar-refractivity contribution is 0.414. The lowest BCUT2D eigenvalue weighted by Crippen LogP contribution is -2.24. The van der Waals surface area contributed by atoms with Crippen LogP contribution in [0.3, 0.4) is 0 Å². The van der Waals surface area contributed by atoms with Gasteiger partial charge < -0.3 is 10.5 Å². The van der Waals surface area contributed by atoms with Crippen LogP contribution in [0.4, 0.5) is 0 Å². The molecule has 2 N–H and O–H groups in total. The third kappa shape index (κ3) is 2.02. The summed E-state index contributed by atoms with van der Waals surface area (Å²) in [4.78, 5) is 0. The molecular weight excluding hydrogens is 198 g/mol. The van der Waals surface area contributed by atoms with E-state index in [0.717, 1.165) is 25.0 Å². The molecule has 14 heavy (non-hydrogen) atoms. The number of nitrogens with two attached hydrogens (primary N) is 1. The second-order valence-electron chi connectivity index (χ2n) is 4.01. The lowest BCUT2D eigenvalue weighted by Gasteiger charge is -2.10. The van der Waals surface area contributed by atoms with E-state index in [0.29, 0.717) is 5.02 Å². The Labute approximate surface area is 89.0 Å². The molecule has 2 nitrogen and oxygen atoms in total. The van der Waals surface area contributed by atoms with E-state index in [1.54, 1.807) is 7.11 Å². The number of methoxy groups -OCH3 is 1. The Balaban J connectivity index is 2.18. The average Bonchev–Trinajstić information content (AvgIpc) is 2.87. The van der Waals surface area contributed by atoms with E-state index in [1.807, 2.05) is 18.2 Å². The van der Waals surface area contributed by atoms with Crippen molar-refractivity contribution in [2.24, 2.45) is 5.73 Å². The summed E-state index contributed by atoms with van der Waals surface area (Å²) < 4.78 is 5.15. The molecule has 2 rings (SSSR count). The molecule has 1 aliphatic carbocycles. The van der Waals surface area contributed by atoms with Gasteiger partial charge in [-0.2, -0.15) is 0 Å². The third-order valence-electron chi connectivity index (χ3n) is 2.66. The van der Waals surface area contributed by atoms with Crippen LogP contribution in [-0.2, 0) is 6.42 Å². The minimum atomic E-state index is 0.0405. The zero-order valence-electron chi connectivity index (χ0n) is 8.22. The average molecular weight is 212 g/mol. The number of hydrogen-bond acceptors (Lipinski definition) is 2. The van der Waals surface area contributed by atoms with Crippen molar-refractivity contribution in [3.63, 3.8) is 0 Å². The molecule has 1 saturated carbocycles. The van der Waals surface area contributed by atoms with Gasteiger partial charge >= 0.3 is 0 Å². The molecule has 1 aliphatic rings. The Morgan fingerprint density at radius 2 is 2.21 bits per heavy atom. The zero-order valence-corrected chi connectivity index (χ0v) is 8.97. The Morgan fingerprint density at radius 3 is 2.79 bits per heavy atom. The Kier molecular flexibility index (Phi) is 2.41. The molecule has 0 aliphatic heterocycles. The van der Waals surface area contributed by atoms with Crippen LogP contribution in [0.5, 0.6) is 5.75 Å². The lowest BCUT2D eigenvalue weighted by atomic mass is 10.1. The van der Waals surface area contributed by atoms with Gasteiger partial charge in [-0.3, -0.25) is 0 Å². The molecule has 1 fully saturated rings. The molecule has 0 atom stereocenters. The molecule has 76 valence electrons. The first-order valence-corrected chi connectivity index (χ1v) is 5.12. The molecule has 1 aromatic rings. The molecule has 3 heteroatoms. The molecule has 0 bridgehead atoms. The van der Waals surface area contributed by atoms with E-state index < -0.39 is 0 Å². The Bertz CT molecular complexity index is 347. The van der Waals surface area contributed by atoms with Crippen LogP contribution in [0.25, 0.3) is 0 Å². The zero-order chi connectivity index (χ0) is 10.2. The van der Waals surface area contributed by atoms with Gasteiger partial charge in [0.15, 0.2) is 0 Å². The normalized spacial score (nSPS) is 17.9. The fourth-order valence-electron chi connectivity index (χ4n) is 1.56. The summed E-state index contributed by atoms with van der Waals surface area (Å²) in [5, 5.41) is 0.651. The van der Waals surface area contributed by atoms with E-state index in [1.165, 1.54) is 5.56 Å². The maximum Gasteiger partial charge on any atom is 0.137 e. The molecule has 0 amide bonds. The number of hydrogen-bond donors (Lipinski definition) is 1. The Hall–Kier alpha value is -0.730. The van der Waals surface area contributed by atoms with Crippen molar-refractivity contribution in [1.82, 2.24) is 0 Å². The summed E-state index contributed by atoms with van der Waals surface area (Å²) in [5.74, 6) is 0.730. The van der Waals surface area contributed by atoms with Crippen LogP contribution in [0.15, 0.2) is 18.2 Å². The Morgan fingerprint density at radius 1 is 1.50 bits per heavy atom. The van der Waals surface area contributed by atoms with Gasteiger partial charge in [0.05, 0.1) is 12.1 Å². The summed E-state index contributed by atoms with van der Waals surface area (Å²) in [6.45, 7) is 0. The molecule has 0 saturated heterocycles. The highest BCUT2D eigenvalue weighted by molar-refractivity contribution is 6.32. The maximum atomic E-state index is 6.03. The molecule has 0 radical (unpaired) electrons. The first-order valence-electron chi connectivity index (χ1n) is 4.74. The number of halogens is 1. The first-order chi connectivity index (χ1) is 6.63. The third-order valence-corrected chi connectivity index (χ3v) is 2.98. The topological polar surface area (TPSA) is 35.2 Å². The van der Waals surface area contributed by atoms with E-state index in [-0.39, 0.29) is 5.54 Å². The van der Waals surface area contributed by atoms with Crippen LogP contribution in [0.1, 0.15) is 18.4 Å². The first kappa shape index (κ1) is 9.81. The van der Waals surface area contributed by atoms with Gasteiger partial charge in [-0.1, -0.05) is 17.7 Å². The predicted molar refractivity (Wildman–Crippen MR) is 57.9 cm³/mol. The fraction of sp³-hybridized carbons (Fsp3) is 0.455. The van der Waals surface area contributed by atoms with Crippen molar-refractivity contribution in [3.05, 3.63) is 28.8 Å². The monoisotopic (exact) mass is 211 g/mol. The summed E-state index contributed by atoms with van der Waals surface area (Å²) >= 11 is 5.93. The van der Waals surface area contributed by atoms with Crippen molar-refractivity contribution in [2.75, 3.05) is 7.11 Å². The van der Waals surface area contributed by atoms with E-state index >= 15 is 0 Å². The van der Waals surface area contributed by atoms with Gasteiger partial charge in [0.25, 0.3) is 0 Å². The minimum absolute atomic E-state index is 0.0405. The van der Waals surface area contributed by atoms with Crippen molar-refractivity contribution < 1.29 is 4.74 Å². The highest BCUT2D eigenvalue weighted by atomic mass is 35.5. The predicted octanol–water partition coefficient (Wildman–Crippen LogP) is 2.38. The van der Waals surface area contributed by atoms with Gasteiger partial charge in [-0.25, -0.2) is 0 Å². The highest BCUT2D eigenvalue weighted by Gasteiger charge is 2.37. The van der Waals surface area contributed by atoms with Crippen LogP contribution < -0.4 is 10.5 Å². The fourth-order valence-corrected chi connectivity index (χ4v) is 1.75. The quantitative estimate of drug-likeness (QED) is 0.833. The number of benzene rings is 1. The van der Waals surface area contributed by atoms with E-state index in [4.69, 9.17) is 22.1 Å². The standard InChI is InChI=1S/C11H14ClNO/c1-14-10-6-8(2-3-9(10)12)7-11(13)4-5-11/h2-3,6H,4-5,7,13H2,1H3. The molecule has 0 unspecified atom stereocenters. The second-order valence-corrected chi connectivity index (χ2v) is 4.42. The van der Waals surface area contributed by atoms with Crippen molar-refractivity contribution in [1.29, 1.82) is 0 Å². The van der Waals surface area contributed by atoms with Crippen molar-refractivity contribution >= 4 is 11.6 Å². The van der Waals surface area contributed by atoms with E-state index in [2.05, 4.69) is 0 Å².